The molecule has 152 valence electrons. The molecule has 7 heteroatoms. The number of hydrogen-bond acceptors (Lipinski definition) is 6. The first kappa shape index (κ1) is 19.4. The molecule has 1 fully saturated rings. The van der Waals surface area contributed by atoms with Crippen molar-refractivity contribution >= 4 is 6.01 Å². The number of hydrogen-bond donors (Lipinski definition) is 1. The third-order valence-electron chi connectivity index (χ3n) is 5.35. The first-order valence-electron chi connectivity index (χ1n) is 9.89. The van der Waals surface area contributed by atoms with Crippen LogP contribution in [0.25, 0.3) is 11.4 Å². The van der Waals surface area contributed by atoms with Crippen molar-refractivity contribution < 1.29 is 13.7 Å². The summed E-state index contributed by atoms with van der Waals surface area (Å²) in [6, 6.07) is 15.0. The maximum Gasteiger partial charge on any atom is 0.321 e. The highest BCUT2D eigenvalue weighted by Gasteiger charge is 2.20. The second kappa shape index (κ2) is 9.05. The van der Waals surface area contributed by atoms with E-state index in [1.54, 1.807) is 13.2 Å². The van der Waals surface area contributed by atoms with Gasteiger partial charge in [-0.25, -0.2) is 4.39 Å². The largest absolute Gasteiger partial charge is 0.497 e. The fraction of sp³-hybridized carbons (Fsp3) is 0.364. The predicted molar refractivity (Wildman–Crippen MR) is 109 cm³/mol. The number of piperidine rings is 1. The molecule has 0 radical (unpaired) electrons. The van der Waals surface area contributed by atoms with E-state index < -0.39 is 0 Å². The molecular formula is C22H25FN4O2. The molecule has 6 nitrogen and oxygen atoms in total. The molecule has 0 atom stereocenters. The van der Waals surface area contributed by atoms with Gasteiger partial charge < -0.3 is 14.6 Å². The van der Waals surface area contributed by atoms with Gasteiger partial charge in [-0.15, -0.1) is 0 Å². The van der Waals surface area contributed by atoms with Gasteiger partial charge in [0.2, 0.25) is 5.82 Å². The Hall–Kier alpha value is -2.93. The minimum absolute atomic E-state index is 0.125. The average molecular weight is 396 g/mol. The van der Waals surface area contributed by atoms with Gasteiger partial charge in [0.05, 0.1) is 7.11 Å². The third kappa shape index (κ3) is 4.92. The molecule has 4 rings (SSSR count). The van der Waals surface area contributed by atoms with E-state index >= 15 is 0 Å². The second-order valence-corrected chi connectivity index (χ2v) is 7.35. The van der Waals surface area contributed by atoms with Crippen molar-refractivity contribution in [3.8, 4) is 17.1 Å². The van der Waals surface area contributed by atoms with Crippen LogP contribution < -0.4 is 10.1 Å². The number of likely N-dealkylation sites (tertiary alicyclic amines) is 1. The molecule has 3 aromatic rings. The van der Waals surface area contributed by atoms with Crippen LogP contribution in [0.2, 0.25) is 0 Å². The Balaban J connectivity index is 1.26. The molecule has 2 aromatic carbocycles. The Kier molecular flexibility index (Phi) is 6.05. The molecule has 0 amide bonds. The summed E-state index contributed by atoms with van der Waals surface area (Å²) in [6.07, 6.45) is 2.11. The molecule has 0 spiro atoms. The summed E-state index contributed by atoms with van der Waals surface area (Å²) < 4.78 is 24.4. The number of anilines is 1. The molecule has 1 saturated heterocycles. The minimum Gasteiger partial charge on any atom is -0.497 e. The Morgan fingerprint density at radius 1 is 1.17 bits per heavy atom. The molecule has 0 aliphatic carbocycles. The molecule has 1 aromatic heterocycles. The number of nitrogens with one attached hydrogen (secondary N) is 1. The average Bonchev–Trinajstić information content (AvgIpc) is 3.24. The normalized spacial score (nSPS) is 15.4. The topological polar surface area (TPSA) is 63.4 Å². The number of nitrogens with zero attached hydrogens (tertiary/aromatic N) is 3. The Morgan fingerprint density at radius 2 is 2.00 bits per heavy atom. The quantitative estimate of drug-likeness (QED) is 0.646. The molecule has 1 N–H and O–H groups in total. The maximum absolute atomic E-state index is 13.8. The Morgan fingerprint density at radius 3 is 2.79 bits per heavy atom. The third-order valence-corrected chi connectivity index (χ3v) is 5.35. The molecule has 0 unspecified atom stereocenters. The standard InChI is InChI=1S/C22H25FN4O2/c1-28-19-7-4-6-17(13-19)21-25-22(29-26-21)24-14-16-9-11-27(12-10-16)15-18-5-2-3-8-20(18)23/h2-8,13,16H,9-12,14-15H2,1H3,(H,24,25,26). The van der Waals surface area contributed by atoms with Gasteiger partial charge >= 0.3 is 6.01 Å². The summed E-state index contributed by atoms with van der Waals surface area (Å²) in [6.45, 7) is 3.37. The monoisotopic (exact) mass is 396 g/mol. The second-order valence-electron chi connectivity index (χ2n) is 7.35. The molecule has 1 aliphatic rings. The zero-order valence-electron chi connectivity index (χ0n) is 16.5. The van der Waals surface area contributed by atoms with Crippen molar-refractivity contribution in [1.29, 1.82) is 0 Å². The highest BCUT2D eigenvalue weighted by Crippen LogP contribution is 2.24. The lowest BCUT2D eigenvalue weighted by molar-refractivity contribution is 0.180. The van der Waals surface area contributed by atoms with Gasteiger partial charge in [-0.05, 0) is 50.0 Å². The van der Waals surface area contributed by atoms with Gasteiger partial charge in [-0.2, -0.15) is 4.98 Å². The maximum atomic E-state index is 13.8. The van der Waals surface area contributed by atoms with Gasteiger partial charge in [0.25, 0.3) is 0 Å². The van der Waals surface area contributed by atoms with Crippen molar-refractivity contribution in [2.45, 2.75) is 19.4 Å². The number of methoxy groups -OCH3 is 1. The van der Waals surface area contributed by atoms with Crippen LogP contribution in [0.4, 0.5) is 10.4 Å². The van der Waals surface area contributed by atoms with E-state index in [2.05, 4.69) is 20.4 Å². The van der Waals surface area contributed by atoms with E-state index in [4.69, 9.17) is 9.26 Å². The number of ether oxygens (including phenoxy) is 1. The Bertz CT molecular complexity index is 938. The van der Waals surface area contributed by atoms with E-state index in [1.165, 1.54) is 6.07 Å². The van der Waals surface area contributed by atoms with Crippen LogP contribution in [-0.2, 0) is 6.54 Å². The highest BCUT2D eigenvalue weighted by atomic mass is 19.1. The smallest absolute Gasteiger partial charge is 0.321 e. The van der Waals surface area contributed by atoms with Crippen LogP contribution in [0.15, 0.2) is 53.1 Å². The summed E-state index contributed by atoms with van der Waals surface area (Å²) in [5, 5.41) is 7.30. The lowest BCUT2D eigenvalue weighted by Crippen LogP contribution is -2.35. The van der Waals surface area contributed by atoms with Crippen molar-refractivity contribution in [2.75, 3.05) is 32.1 Å². The van der Waals surface area contributed by atoms with Crippen molar-refractivity contribution in [3.63, 3.8) is 0 Å². The SMILES string of the molecule is COc1cccc(-c2noc(NCC3CCN(Cc4ccccc4F)CC3)n2)c1. The summed E-state index contributed by atoms with van der Waals surface area (Å²) in [5.74, 6) is 1.69. The summed E-state index contributed by atoms with van der Waals surface area (Å²) in [4.78, 5) is 6.73. The van der Waals surface area contributed by atoms with Crippen molar-refractivity contribution in [2.24, 2.45) is 5.92 Å². The van der Waals surface area contributed by atoms with Crippen molar-refractivity contribution in [3.05, 3.63) is 59.9 Å². The summed E-state index contributed by atoms with van der Waals surface area (Å²) in [7, 11) is 1.63. The van der Waals surface area contributed by atoms with Gasteiger partial charge in [-0.1, -0.05) is 35.5 Å². The van der Waals surface area contributed by atoms with Crippen LogP contribution >= 0.6 is 0 Å². The zero-order valence-corrected chi connectivity index (χ0v) is 16.5. The molecule has 2 heterocycles. The van der Waals surface area contributed by atoms with E-state index in [0.717, 1.165) is 49.4 Å². The number of rotatable bonds is 7. The fourth-order valence-electron chi connectivity index (χ4n) is 3.62. The minimum atomic E-state index is -0.125. The zero-order chi connectivity index (χ0) is 20.1. The molecule has 0 saturated carbocycles. The van der Waals surface area contributed by atoms with Crippen LogP contribution in [0, 0.1) is 11.7 Å². The van der Waals surface area contributed by atoms with Crippen LogP contribution in [0.5, 0.6) is 5.75 Å². The lowest BCUT2D eigenvalue weighted by atomic mass is 9.96. The lowest BCUT2D eigenvalue weighted by Gasteiger charge is -2.31. The van der Waals surface area contributed by atoms with Gasteiger partial charge in [0.1, 0.15) is 11.6 Å². The first-order valence-corrected chi connectivity index (χ1v) is 9.89. The predicted octanol–water partition coefficient (Wildman–Crippen LogP) is 4.21. The summed E-state index contributed by atoms with van der Waals surface area (Å²) in [5.41, 5.74) is 1.61. The fourth-order valence-corrected chi connectivity index (χ4v) is 3.62. The van der Waals surface area contributed by atoms with E-state index in [-0.39, 0.29) is 5.82 Å². The molecule has 1 aliphatic heterocycles. The van der Waals surface area contributed by atoms with Gasteiger partial charge in [0, 0.05) is 24.2 Å². The highest BCUT2D eigenvalue weighted by molar-refractivity contribution is 5.57. The summed E-state index contributed by atoms with van der Waals surface area (Å²) >= 11 is 0. The molecule has 29 heavy (non-hydrogen) atoms. The van der Waals surface area contributed by atoms with E-state index in [0.29, 0.717) is 24.3 Å². The van der Waals surface area contributed by atoms with E-state index in [1.807, 2.05) is 36.4 Å². The molecule has 0 bridgehead atoms. The van der Waals surface area contributed by atoms with Gasteiger partial charge in [0.15, 0.2) is 0 Å². The number of benzene rings is 2. The van der Waals surface area contributed by atoms with Crippen LogP contribution in [0.3, 0.4) is 0 Å². The van der Waals surface area contributed by atoms with Crippen molar-refractivity contribution in [1.82, 2.24) is 15.0 Å². The first-order chi connectivity index (χ1) is 14.2. The number of halogens is 1. The van der Waals surface area contributed by atoms with Crippen LogP contribution in [-0.4, -0.2) is 41.8 Å². The van der Waals surface area contributed by atoms with Gasteiger partial charge in [-0.3, -0.25) is 4.90 Å². The van der Waals surface area contributed by atoms with Crippen LogP contribution in [0.1, 0.15) is 18.4 Å². The van der Waals surface area contributed by atoms with E-state index in [9.17, 15) is 4.39 Å². The Labute approximate surface area is 169 Å². The molecular weight excluding hydrogens is 371 g/mol. The number of aromatic nitrogens is 2.